The smallest absolute Gasteiger partial charge is 0.257 e. The van der Waals surface area contributed by atoms with Gasteiger partial charge in [0.1, 0.15) is 5.75 Å². The molecule has 1 atom stereocenters. The number of hydrogen-bond acceptors (Lipinski definition) is 2. The van der Waals surface area contributed by atoms with Crippen LogP contribution < -0.4 is 0 Å². The van der Waals surface area contributed by atoms with E-state index in [-0.39, 0.29) is 11.7 Å². The molecular weight excluding hydrogens is 226 g/mol. The van der Waals surface area contributed by atoms with Gasteiger partial charge in [-0.05, 0) is 44.2 Å². The molecule has 1 aromatic carbocycles. The van der Waals surface area contributed by atoms with Crippen molar-refractivity contribution >= 4 is 5.91 Å². The molecule has 0 saturated carbocycles. The van der Waals surface area contributed by atoms with E-state index in [2.05, 4.69) is 6.92 Å². The third kappa shape index (κ3) is 2.84. The van der Waals surface area contributed by atoms with Crippen LogP contribution in [0.4, 0.5) is 0 Å². The normalized spacial score (nSPS) is 20.6. The molecule has 1 N–H and O–H groups in total. The fourth-order valence-electron chi connectivity index (χ4n) is 2.46. The third-order valence-electron chi connectivity index (χ3n) is 3.69. The zero-order valence-corrected chi connectivity index (χ0v) is 11.1. The Bertz CT molecular complexity index is 442. The number of phenolic OH excluding ortho intramolecular Hbond substituents is 1. The van der Waals surface area contributed by atoms with Crippen LogP contribution in [0, 0.1) is 12.8 Å². The van der Waals surface area contributed by atoms with E-state index in [9.17, 15) is 9.90 Å². The first-order valence-electron chi connectivity index (χ1n) is 6.67. The van der Waals surface area contributed by atoms with Gasteiger partial charge in [0, 0.05) is 13.1 Å². The number of carbonyl (C=O) groups is 1. The van der Waals surface area contributed by atoms with Crippen molar-refractivity contribution in [3.63, 3.8) is 0 Å². The minimum atomic E-state index is -0.0368. The summed E-state index contributed by atoms with van der Waals surface area (Å²) in [6, 6.07) is 5.19. The Hall–Kier alpha value is -1.51. The standard InChI is InChI=1S/C15H21NO2/c1-11-4-3-8-16(9-7-11)15(18)13-10-12(2)5-6-14(13)17/h5-6,10-11,17H,3-4,7-9H2,1-2H3. The van der Waals surface area contributed by atoms with E-state index in [4.69, 9.17) is 0 Å². The highest BCUT2D eigenvalue weighted by molar-refractivity contribution is 5.97. The van der Waals surface area contributed by atoms with Crippen LogP contribution in [0.25, 0.3) is 0 Å². The van der Waals surface area contributed by atoms with Crippen molar-refractivity contribution in [2.45, 2.75) is 33.1 Å². The van der Waals surface area contributed by atoms with Crippen LogP contribution in [-0.4, -0.2) is 29.0 Å². The Kier molecular flexibility index (Phi) is 3.90. The van der Waals surface area contributed by atoms with E-state index in [1.807, 2.05) is 17.9 Å². The van der Waals surface area contributed by atoms with E-state index < -0.39 is 0 Å². The lowest BCUT2D eigenvalue weighted by atomic mass is 10.0. The van der Waals surface area contributed by atoms with Crippen molar-refractivity contribution in [3.05, 3.63) is 29.3 Å². The van der Waals surface area contributed by atoms with Gasteiger partial charge < -0.3 is 10.0 Å². The SMILES string of the molecule is Cc1ccc(O)c(C(=O)N2CCCC(C)CC2)c1. The Morgan fingerprint density at radius 2 is 2.11 bits per heavy atom. The molecule has 1 aliphatic heterocycles. The number of nitrogens with zero attached hydrogens (tertiary/aromatic N) is 1. The number of aromatic hydroxyl groups is 1. The van der Waals surface area contributed by atoms with Gasteiger partial charge in [-0.2, -0.15) is 0 Å². The highest BCUT2D eigenvalue weighted by Gasteiger charge is 2.21. The molecule has 18 heavy (non-hydrogen) atoms. The van der Waals surface area contributed by atoms with Crippen LogP contribution in [-0.2, 0) is 0 Å². The molecule has 1 unspecified atom stereocenters. The summed E-state index contributed by atoms with van der Waals surface area (Å²) in [6.07, 6.45) is 3.29. The van der Waals surface area contributed by atoms with Crippen LogP contribution >= 0.6 is 0 Å². The first kappa shape index (κ1) is 12.9. The lowest BCUT2D eigenvalue weighted by molar-refractivity contribution is 0.0757. The summed E-state index contributed by atoms with van der Waals surface area (Å²) in [5, 5.41) is 9.81. The summed E-state index contributed by atoms with van der Waals surface area (Å²) in [5.41, 5.74) is 1.43. The summed E-state index contributed by atoms with van der Waals surface area (Å²) in [6.45, 7) is 5.77. The van der Waals surface area contributed by atoms with Crippen LogP contribution in [0.15, 0.2) is 18.2 Å². The van der Waals surface area contributed by atoms with Gasteiger partial charge in [0.05, 0.1) is 5.56 Å². The molecule has 1 saturated heterocycles. The number of carbonyl (C=O) groups excluding carboxylic acids is 1. The van der Waals surface area contributed by atoms with Crippen molar-refractivity contribution in [2.24, 2.45) is 5.92 Å². The average Bonchev–Trinajstić information content (AvgIpc) is 2.56. The zero-order valence-electron chi connectivity index (χ0n) is 11.1. The lowest BCUT2D eigenvalue weighted by Gasteiger charge is -2.21. The Morgan fingerprint density at radius 1 is 1.33 bits per heavy atom. The van der Waals surface area contributed by atoms with Crippen molar-refractivity contribution < 1.29 is 9.90 Å². The summed E-state index contributed by atoms with van der Waals surface area (Å²) in [4.78, 5) is 14.3. The third-order valence-corrected chi connectivity index (χ3v) is 3.69. The van der Waals surface area contributed by atoms with Gasteiger partial charge in [0.2, 0.25) is 0 Å². The molecule has 3 nitrogen and oxygen atoms in total. The molecule has 0 spiro atoms. The molecule has 0 aliphatic carbocycles. The van der Waals surface area contributed by atoms with Crippen LogP contribution in [0.1, 0.15) is 42.1 Å². The summed E-state index contributed by atoms with van der Waals surface area (Å²) >= 11 is 0. The van der Waals surface area contributed by atoms with E-state index >= 15 is 0 Å². The van der Waals surface area contributed by atoms with Crippen LogP contribution in [0.3, 0.4) is 0 Å². The molecule has 1 aromatic rings. The number of likely N-dealkylation sites (tertiary alicyclic amines) is 1. The minimum Gasteiger partial charge on any atom is -0.507 e. The highest BCUT2D eigenvalue weighted by Crippen LogP contribution is 2.23. The van der Waals surface area contributed by atoms with Gasteiger partial charge in [-0.3, -0.25) is 4.79 Å². The molecular formula is C15H21NO2. The monoisotopic (exact) mass is 247 g/mol. The number of phenols is 1. The maximum atomic E-state index is 12.4. The Morgan fingerprint density at radius 3 is 2.89 bits per heavy atom. The van der Waals surface area contributed by atoms with Crippen molar-refractivity contribution in [1.82, 2.24) is 4.90 Å². The number of rotatable bonds is 1. The van der Waals surface area contributed by atoms with Crippen molar-refractivity contribution in [1.29, 1.82) is 0 Å². The van der Waals surface area contributed by atoms with E-state index in [1.54, 1.807) is 12.1 Å². The number of hydrogen-bond donors (Lipinski definition) is 1. The minimum absolute atomic E-state index is 0.0368. The molecule has 1 aliphatic rings. The van der Waals surface area contributed by atoms with Gasteiger partial charge in [-0.1, -0.05) is 18.6 Å². The average molecular weight is 247 g/mol. The first-order valence-corrected chi connectivity index (χ1v) is 6.67. The second-order valence-electron chi connectivity index (χ2n) is 5.35. The Balaban J connectivity index is 2.17. The number of amides is 1. The maximum Gasteiger partial charge on any atom is 0.257 e. The molecule has 2 rings (SSSR count). The predicted octanol–water partition coefficient (Wildman–Crippen LogP) is 2.96. The lowest BCUT2D eigenvalue weighted by Crippen LogP contribution is -2.32. The Labute approximate surface area is 108 Å². The molecule has 1 fully saturated rings. The molecule has 1 heterocycles. The van der Waals surface area contributed by atoms with Crippen molar-refractivity contribution in [2.75, 3.05) is 13.1 Å². The van der Waals surface area contributed by atoms with Crippen LogP contribution in [0.5, 0.6) is 5.75 Å². The van der Waals surface area contributed by atoms with E-state index in [0.29, 0.717) is 11.5 Å². The van der Waals surface area contributed by atoms with Gasteiger partial charge in [0.25, 0.3) is 5.91 Å². The van der Waals surface area contributed by atoms with Gasteiger partial charge >= 0.3 is 0 Å². The van der Waals surface area contributed by atoms with E-state index in [1.165, 1.54) is 6.42 Å². The number of aryl methyl sites for hydroxylation is 1. The quantitative estimate of drug-likeness (QED) is 0.828. The summed E-state index contributed by atoms with van der Waals surface area (Å²) in [5.74, 6) is 0.738. The fraction of sp³-hybridized carbons (Fsp3) is 0.533. The zero-order chi connectivity index (χ0) is 13.1. The van der Waals surface area contributed by atoms with Crippen LogP contribution in [0.2, 0.25) is 0 Å². The fourth-order valence-corrected chi connectivity index (χ4v) is 2.46. The topological polar surface area (TPSA) is 40.5 Å². The molecule has 3 heteroatoms. The predicted molar refractivity (Wildman–Crippen MR) is 71.8 cm³/mol. The number of benzene rings is 1. The second-order valence-corrected chi connectivity index (χ2v) is 5.35. The largest absolute Gasteiger partial charge is 0.507 e. The highest BCUT2D eigenvalue weighted by atomic mass is 16.3. The van der Waals surface area contributed by atoms with E-state index in [0.717, 1.165) is 31.5 Å². The molecule has 0 bridgehead atoms. The molecule has 98 valence electrons. The second kappa shape index (κ2) is 5.42. The summed E-state index contributed by atoms with van der Waals surface area (Å²) < 4.78 is 0. The van der Waals surface area contributed by atoms with Gasteiger partial charge in [-0.25, -0.2) is 0 Å². The van der Waals surface area contributed by atoms with Gasteiger partial charge in [-0.15, -0.1) is 0 Å². The summed E-state index contributed by atoms with van der Waals surface area (Å²) in [7, 11) is 0. The first-order chi connectivity index (χ1) is 8.58. The maximum absolute atomic E-state index is 12.4. The van der Waals surface area contributed by atoms with Crippen molar-refractivity contribution in [3.8, 4) is 5.75 Å². The van der Waals surface area contributed by atoms with Gasteiger partial charge in [0.15, 0.2) is 0 Å². The molecule has 0 aromatic heterocycles. The molecule has 0 radical (unpaired) electrons. The molecule has 1 amide bonds.